The molecule has 2 unspecified atom stereocenters. The van der Waals surface area contributed by atoms with Crippen molar-refractivity contribution >= 4 is 23.4 Å². The number of fused-ring (bicyclic) bond motifs is 2. The van der Waals surface area contributed by atoms with Crippen molar-refractivity contribution in [2.45, 2.75) is 18.9 Å². The first-order valence-electron chi connectivity index (χ1n) is 9.14. The number of nitrogens with zero attached hydrogens (tertiary/aromatic N) is 3. The van der Waals surface area contributed by atoms with Crippen LogP contribution in [0.25, 0.3) is 0 Å². The van der Waals surface area contributed by atoms with Gasteiger partial charge in [-0.25, -0.2) is 0 Å². The molecule has 2 aliphatic heterocycles. The summed E-state index contributed by atoms with van der Waals surface area (Å²) in [6.45, 7) is 2.19. The normalized spacial score (nSPS) is 19.4. The van der Waals surface area contributed by atoms with E-state index in [2.05, 4.69) is 20.5 Å². The van der Waals surface area contributed by atoms with E-state index in [0.717, 1.165) is 34.0 Å². The molecule has 148 valence electrons. The summed E-state index contributed by atoms with van der Waals surface area (Å²) >= 11 is 0. The molecule has 29 heavy (non-hydrogen) atoms. The Kier molecular flexibility index (Phi) is 4.01. The molecule has 0 fully saturated rings. The number of ether oxygens (including phenoxy) is 3. The average molecular weight is 393 g/mol. The van der Waals surface area contributed by atoms with Gasteiger partial charge < -0.3 is 29.7 Å². The van der Waals surface area contributed by atoms with E-state index in [1.165, 1.54) is 0 Å². The SMILES string of the molecule is COc1cccc2c1C(C1OC(N)=Nc3ccc(Nc4nnc(C)o4)cc31)CO2. The Hall–Kier alpha value is -3.75. The largest absolute Gasteiger partial charge is 0.496 e. The van der Waals surface area contributed by atoms with Crippen LogP contribution in [0.4, 0.5) is 17.4 Å². The maximum absolute atomic E-state index is 5.98. The number of methoxy groups -OCH3 is 1. The zero-order valence-corrected chi connectivity index (χ0v) is 15.9. The molecule has 1 aromatic heterocycles. The second-order valence-electron chi connectivity index (χ2n) is 6.80. The fraction of sp³-hybridized carbons (Fsp3) is 0.250. The summed E-state index contributed by atoms with van der Waals surface area (Å²) in [5.74, 6) is 1.92. The highest BCUT2D eigenvalue weighted by atomic mass is 16.5. The van der Waals surface area contributed by atoms with E-state index in [1.54, 1.807) is 14.0 Å². The molecule has 0 saturated carbocycles. The summed E-state index contributed by atoms with van der Waals surface area (Å²) in [7, 11) is 1.64. The van der Waals surface area contributed by atoms with Gasteiger partial charge in [-0.1, -0.05) is 11.2 Å². The van der Waals surface area contributed by atoms with E-state index < -0.39 is 0 Å². The first kappa shape index (κ1) is 17.4. The van der Waals surface area contributed by atoms with E-state index >= 15 is 0 Å². The average Bonchev–Trinajstić information content (AvgIpc) is 3.33. The first-order chi connectivity index (χ1) is 14.1. The Morgan fingerprint density at radius 2 is 2.10 bits per heavy atom. The number of benzene rings is 2. The van der Waals surface area contributed by atoms with Crippen molar-refractivity contribution in [3.05, 3.63) is 53.4 Å². The molecule has 0 radical (unpaired) electrons. The van der Waals surface area contributed by atoms with Crippen LogP contribution in [-0.2, 0) is 4.74 Å². The van der Waals surface area contributed by atoms with Gasteiger partial charge in [0.1, 0.15) is 17.6 Å². The molecule has 5 rings (SSSR count). The van der Waals surface area contributed by atoms with Crippen molar-refractivity contribution < 1.29 is 18.6 Å². The Morgan fingerprint density at radius 3 is 2.90 bits per heavy atom. The lowest BCUT2D eigenvalue weighted by Crippen LogP contribution is -2.27. The molecule has 2 aliphatic rings. The monoisotopic (exact) mass is 393 g/mol. The maximum atomic E-state index is 5.98. The summed E-state index contributed by atoms with van der Waals surface area (Å²) in [5.41, 5.74) is 9.33. The minimum absolute atomic E-state index is 0.102. The molecule has 3 aromatic rings. The third kappa shape index (κ3) is 3.00. The number of aryl methyl sites for hydroxylation is 1. The van der Waals surface area contributed by atoms with E-state index in [1.807, 2.05) is 36.4 Å². The van der Waals surface area contributed by atoms with Crippen LogP contribution in [0.5, 0.6) is 11.5 Å². The summed E-state index contributed by atoms with van der Waals surface area (Å²) in [6.07, 6.45) is -0.383. The molecule has 0 aliphatic carbocycles. The molecular weight excluding hydrogens is 374 g/mol. The van der Waals surface area contributed by atoms with Crippen molar-refractivity contribution in [3.8, 4) is 11.5 Å². The van der Waals surface area contributed by atoms with Crippen molar-refractivity contribution in [1.29, 1.82) is 0 Å². The van der Waals surface area contributed by atoms with Gasteiger partial charge in [0, 0.05) is 23.7 Å². The fourth-order valence-electron chi connectivity index (χ4n) is 3.76. The van der Waals surface area contributed by atoms with E-state index in [-0.39, 0.29) is 18.0 Å². The molecule has 0 saturated heterocycles. The van der Waals surface area contributed by atoms with Gasteiger partial charge in [-0.3, -0.25) is 0 Å². The summed E-state index contributed by atoms with van der Waals surface area (Å²) in [4.78, 5) is 4.34. The van der Waals surface area contributed by atoms with E-state index in [9.17, 15) is 0 Å². The predicted molar refractivity (Wildman–Crippen MR) is 105 cm³/mol. The van der Waals surface area contributed by atoms with Crippen LogP contribution >= 0.6 is 0 Å². The summed E-state index contributed by atoms with van der Waals surface area (Å²) < 4.78 is 22.8. The lowest BCUT2D eigenvalue weighted by molar-refractivity contribution is 0.135. The third-order valence-electron chi connectivity index (χ3n) is 4.99. The topological polar surface area (TPSA) is 117 Å². The Balaban J connectivity index is 1.54. The number of hydrogen-bond acceptors (Lipinski definition) is 9. The number of rotatable bonds is 4. The number of nitrogens with one attached hydrogen (secondary N) is 1. The highest BCUT2D eigenvalue weighted by molar-refractivity contribution is 5.79. The van der Waals surface area contributed by atoms with Gasteiger partial charge in [0.25, 0.3) is 6.02 Å². The molecule has 2 atom stereocenters. The number of aromatic nitrogens is 2. The van der Waals surface area contributed by atoms with Crippen LogP contribution in [0.15, 0.2) is 45.8 Å². The molecule has 2 aromatic carbocycles. The number of anilines is 2. The van der Waals surface area contributed by atoms with Gasteiger partial charge in [-0.2, -0.15) is 4.99 Å². The van der Waals surface area contributed by atoms with Crippen LogP contribution < -0.4 is 20.5 Å². The number of hydrogen-bond donors (Lipinski definition) is 2. The van der Waals surface area contributed by atoms with Crippen LogP contribution in [0.1, 0.15) is 29.0 Å². The molecule has 3 N–H and O–H groups in total. The fourth-order valence-corrected chi connectivity index (χ4v) is 3.76. The van der Waals surface area contributed by atoms with Crippen LogP contribution in [0.3, 0.4) is 0 Å². The van der Waals surface area contributed by atoms with Gasteiger partial charge >= 0.3 is 6.01 Å². The highest BCUT2D eigenvalue weighted by Crippen LogP contribution is 2.50. The number of nitrogens with two attached hydrogens (primary N) is 1. The zero-order valence-electron chi connectivity index (χ0n) is 15.9. The lowest BCUT2D eigenvalue weighted by Gasteiger charge is -2.29. The minimum atomic E-state index is -0.383. The van der Waals surface area contributed by atoms with Crippen molar-refractivity contribution in [2.75, 3.05) is 19.0 Å². The zero-order chi connectivity index (χ0) is 20.0. The van der Waals surface area contributed by atoms with E-state index in [4.69, 9.17) is 24.4 Å². The molecule has 0 spiro atoms. The number of amidine groups is 1. The van der Waals surface area contributed by atoms with Gasteiger partial charge in [0.2, 0.25) is 5.89 Å². The third-order valence-corrected chi connectivity index (χ3v) is 4.99. The lowest BCUT2D eigenvalue weighted by atomic mass is 9.88. The van der Waals surface area contributed by atoms with Gasteiger partial charge in [0.05, 0.1) is 25.3 Å². The van der Waals surface area contributed by atoms with Gasteiger partial charge in [0.15, 0.2) is 0 Å². The molecule has 9 heteroatoms. The van der Waals surface area contributed by atoms with E-state index in [0.29, 0.717) is 18.5 Å². The Labute approximate surface area is 166 Å². The molecule has 0 bridgehead atoms. The van der Waals surface area contributed by atoms with Gasteiger partial charge in [-0.05, 0) is 30.3 Å². The highest BCUT2D eigenvalue weighted by Gasteiger charge is 2.39. The smallest absolute Gasteiger partial charge is 0.320 e. The predicted octanol–water partition coefficient (Wildman–Crippen LogP) is 3.32. The van der Waals surface area contributed by atoms with Gasteiger partial charge in [-0.15, -0.1) is 5.10 Å². The first-order valence-corrected chi connectivity index (χ1v) is 9.14. The molecular formula is C20H19N5O4. The maximum Gasteiger partial charge on any atom is 0.320 e. The van der Waals surface area contributed by atoms with Crippen LogP contribution in [0.2, 0.25) is 0 Å². The molecule has 9 nitrogen and oxygen atoms in total. The quantitative estimate of drug-likeness (QED) is 0.693. The van der Waals surface area contributed by atoms with Crippen molar-refractivity contribution in [1.82, 2.24) is 10.2 Å². The van der Waals surface area contributed by atoms with Crippen LogP contribution in [0, 0.1) is 6.92 Å². The summed E-state index contributed by atoms with van der Waals surface area (Å²) in [5, 5.41) is 10.9. The standard InChI is InChI=1S/C20H19N5O4/c1-10-24-25-20(28-10)22-11-6-7-14-12(8-11)18(29-19(21)23-14)13-9-27-16-5-3-4-15(26-2)17(13)16/h3-8,13,18H,9H2,1-2H3,(H2,21,23)(H,22,25). The molecule has 3 heterocycles. The Bertz CT molecular complexity index is 1110. The number of aliphatic imine (C=N–C) groups is 1. The molecule has 0 amide bonds. The second-order valence-corrected chi connectivity index (χ2v) is 6.80. The minimum Gasteiger partial charge on any atom is -0.496 e. The van der Waals surface area contributed by atoms with Crippen molar-refractivity contribution in [2.24, 2.45) is 10.7 Å². The summed E-state index contributed by atoms with van der Waals surface area (Å²) in [6, 6.07) is 11.9. The van der Waals surface area contributed by atoms with Crippen molar-refractivity contribution in [3.63, 3.8) is 0 Å². The second kappa shape index (κ2) is 6.69. The Morgan fingerprint density at radius 1 is 1.21 bits per heavy atom. The van der Waals surface area contributed by atoms with Crippen LogP contribution in [-0.4, -0.2) is 29.9 Å².